The van der Waals surface area contributed by atoms with Gasteiger partial charge in [0.25, 0.3) is 0 Å². The maximum atomic E-state index is 12.2. The van der Waals surface area contributed by atoms with Gasteiger partial charge in [-0.05, 0) is 32.4 Å². The number of hydrogen-bond donors (Lipinski definition) is 0. The van der Waals surface area contributed by atoms with E-state index >= 15 is 0 Å². The zero-order valence-corrected chi connectivity index (χ0v) is 13.8. The number of carbonyl (C=O) groups is 1. The molecule has 0 unspecified atom stereocenters. The Morgan fingerprint density at radius 1 is 0.913 bits per heavy atom. The second kappa shape index (κ2) is 7.59. The predicted octanol–water partition coefficient (Wildman–Crippen LogP) is 5.33. The number of allylic oxidation sites excluding steroid dienone is 2. The zero-order chi connectivity index (χ0) is 16.7. The summed E-state index contributed by atoms with van der Waals surface area (Å²) in [5.74, 6) is 0.304. The van der Waals surface area contributed by atoms with Crippen molar-refractivity contribution in [1.82, 2.24) is 0 Å². The molecular weight excluding hydrogens is 284 g/mol. The summed E-state index contributed by atoms with van der Waals surface area (Å²) in [6.45, 7) is 5.53. The van der Waals surface area contributed by atoms with E-state index in [0.717, 1.165) is 11.1 Å². The SMILES string of the molecule is CC(C)(C)C(=O)O/C(=C/C=C/c1ccccc1)c1ccccc1. The minimum atomic E-state index is -0.545. The molecule has 0 radical (unpaired) electrons. The molecular formula is C21H22O2. The van der Waals surface area contributed by atoms with Crippen LogP contribution in [-0.2, 0) is 9.53 Å². The average molecular weight is 306 g/mol. The van der Waals surface area contributed by atoms with E-state index in [2.05, 4.69) is 0 Å². The van der Waals surface area contributed by atoms with Crippen molar-refractivity contribution in [2.75, 3.05) is 0 Å². The summed E-state index contributed by atoms with van der Waals surface area (Å²) in [7, 11) is 0. The van der Waals surface area contributed by atoms with Gasteiger partial charge < -0.3 is 4.74 Å². The first-order chi connectivity index (χ1) is 11.0. The van der Waals surface area contributed by atoms with Gasteiger partial charge >= 0.3 is 5.97 Å². The highest BCUT2D eigenvalue weighted by molar-refractivity contribution is 5.82. The van der Waals surface area contributed by atoms with Crippen molar-refractivity contribution in [3.05, 3.63) is 83.9 Å². The minimum Gasteiger partial charge on any atom is -0.425 e. The molecule has 2 nitrogen and oxygen atoms in total. The molecule has 2 aromatic rings. The van der Waals surface area contributed by atoms with E-state index in [1.165, 1.54) is 0 Å². The molecule has 0 aliphatic rings. The fourth-order valence-corrected chi connectivity index (χ4v) is 1.86. The van der Waals surface area contributed by atoms with Crippen LogP contribution in [0, 0.1) is 5.41 Å². The molecule has 0 aliphatic carbocycles. The molecule has 23 heavy (non-hydrogen) atoms. The molecule has 0 fully saturated rings. The lowest BCUT2D eigenvalue weighted by Gasteiger charge is -2.18. The average Bonchev–Trinajstić information content (AvgIpc) is 2.54. The standard InChI is InChI=1S/C21H22O2/c1-21(2,3)20(22)23-19(18-14-8-5-9-15-18)16-10-13-17-11-6-4-7-12-17/h4-16H,1-3H3/b13-10+,19-16+. The Balaban J connectivity index is 2.25. The molecule has 2 rings (SSSR count). The number of carbonyl (C=O) groups excluding carboxylic acids is 1. The third kappa shape index (κ3) is 5.26. The Hall–Kier alpha value is -2.61. The van der Waals surface area contributed by atoms with Gasteiger partial charge in [-0.25, -0.2) is 0 Å². The van der Waals surface area contributed by atoms with E-state index < -0.39 is 5.41 Å². The second-order valence-electron chi connectivity index (χ2n) is 6.31. The topological polar surface area (TPSA) is 26.3 Å². The van der Waals surface area contributed by atoms with Crippen molar-refractivity contribution in [2.24, 2.45) is 5.41 Å². The van der Waals surface area contributed by atoms with Gasteiger partial charge in [0.15, 0.2) is 0 Å². The predicted molar refractivity (Wildman–Crippen MR) is 95.4 cm³/mol. The van der Waals surface area contributed by atoms with Crippen LogP contribution in [0.5, 0.6) is 0 Å². The molecule has 0 spiro atoms. The highest BCUT2D eigenvalue weighted by atomic mass is 16.5. The van der Waals surface area contributed by atoms with Crippen LogP contribution >= 0.6 is 0 Å². The summed E-state index contributed by atoms with van der Waals surface area (Å²) in [5, 5.41) is 0. The van der Waals surface area contributed by atoms with Crippen molar-refractivity contribution >= 4 is 17.8 Å². The van der Waals surface area contributed by atoms with Crippen molar-refractivity contribution in [2.45, 2.75) is 20.8 Å². The van der Waals surface area contributed by atoms with Gasteiger partial charge in [0.1, 0.15) is 5.76 Å². The normalized spacial score (nSPS) is 12.4. The summed E-state index contributed by atoms with van der Waals surface area (Å²) in [5.41, 5.74) is 1.43. The number of benzene rings is 2. The Kier molecular flexibility index (Phi) is 5.53. The quantitative estimate of drug-likeness (QED) is 0.433. The Morgan fingerprint density at radius 3 is 2.04 bits per heavy atom. The molecule has 2 heteroatoms. The fourth-order valence-electron chi connectivity index (χ4n) is 1.86. The summed E-state index contributed by atoms with van der Waals surface area (Å²) in [6, 6.07) is 19.6. The Labute approximate surface area is 138 Å². The fraction of sp³-hybridized carbons (Fsp3) is 0.190. The van der Waals surface area contributed by atoms with Gasteiger partial charge in [0, 0.05) is 5.56 Å². The van der Waals surface area contributed by atoms with E-state index in [9.17, 15) is 4.79 Å². The highest BCUT2D eigenvalue weighted by Crippen LogP contribution is 2.23. The van der Waals surface area contributed by atoms with Crippen LogP contribution in [0.2, 0.25) is 0 Å². The third-order valence-electron chi connectivity index (χ3n) is 3.21. The lowest BCUT2D eigenvalue weighted by atomic mass is 9.97. The van der Waals surface area contributed by atoms with Crippen molar-refractivity contribution in [1.29, 1.82) is 0 Å². The first kappa shape index (κ1) is 16.8. The maximum absolute atomic E-state index is 12.2. The maximum Gasteiger partial charge on any atom is 0.316 e. The van der Waals surface area contributed by atoms with Gasteiger partial charge in [-0.3, -0.25) is 4.79 Å². The van der Waals surface area contributed by atoms with Crippen molar-refractivity contribution < 1.29 is 9.53 Å². The van der Waals surface area contributed by atoms with E-state index in [1.807, 2.05) is 99.7 Å². The molecule has 0 N–H and O–H groups in total. The first-order valence-electron chi connectivity index (χ1n) is 7.68. The lowest BCUT2D eigenvalue weighted by molar-refractivity contribution is -0.145. The molecule has 118 valence electrons. The monoisotopic (exact) mass is 306 g/mol. The molecule has 0 aromatic heterocycles. The molecule has 0 aliphatic heterocycles. The van der Waals surface area contributed by atoms with Crippen LogP contribution in [0.1, 0.15) is 31.9 Å². The van der Waals surface area contributed by atoms with E-state index in [4.69, 9.17) is 4.74 Å². The molecule has 0 saturated heterocycles. The van der Waals surface area contributed by atoms with Crippen LogP contribution in [0.25, 0.3) is 11.8 Å². The minimum absolute atomic E-state index is 0.249. The summed E-state index contributed by atoms with van der Waals surface area (Å²) in [6.07, 6.45) is 5.70. The van der Waals surface area contributed by atoms with Gasteiger partial charge in [0.2, 0.25) is 0 Å². The van der Waals surface area contributed by atoms with Gasteiger partial charge in [-0.2, -0.15) is 0 Å². The van der Waals surface area contributed by atoms with Crippen LogP contribution in [-0.4, -0.2) is 5.97 Å². The van der Waals surface area contributed by atoms with Gasteiger partial charge in [-0.15, -0.1) is 0 Å². The molecule has 0 saturated carbocycles. The van der Waals surface area contributed by atoms with E-state index in [0.29, 0.717) is 5.76 Å². The molecule has 0 atom stereocenters. The molecule has 0 heterocycles. The first-order valence-corrected chi connectivity index (χ1v) is 7.68. The van der Waals surface area contributed by atoms with Gasteiger partial charge in [-0.1, -0.05) is 72.8 Å². The Morgan fingerprint density at radius 2 is 1.48 bits per heavy atom. The van der Waals surface area contributed by atoms with E-state index in [-0.39, 0.29) is 5.97 Å². The van der Waals surface area contributed by atoms with Crippen molar-refractivity contribution in [3.8, 4) is 0 Å². The highest BCUT2D eigenvalue weighted by Gasteiger charge is 2.24. The summed E-state index contributed by atoms with van der Waals surface area (Å²) in [4.78, 5) is 12.2. The number of hydrogen-bond acceptors (Lipinski definition) is 2. The van der Waals surface area contributed by atoms with Crippen LogP contribution in [0.3, 0.4) is 0 Å². The summed E-state index contributed by atoms with van der Waals surface area (Å²) >= 11 is 0. The molecule has 0 amide bonds. The largest absolute Gasteiger partial charge is 0.425 e. The third-order valence-corrected chi connectivity index (χ3v) is 3.21. The molecule has 2 aromatic carbocycles. The van der Waals surface area contributed by atoms with Crippen molar-refractivity contribution in [3.63, 3.8) is 0 Å². The Bertz CT molecular complexity index is 690. The van der Waals surface area contributed by atoms with E-state index in [1.54, 1.807) is 0 Å². The smallest absolute Gasteiger partial charge is 0.316 e. The lowest BCUT2D eigenvalue weighted by Crippen LogP contribution is -2.22. The molecule has 0 bridgehead atoms. The van der Waals surface area contributed by atoms with Gasteiger partial charge in [0.05, 0.1) is 5.41 Å². The van der Waals surface area contributed by atoms with Crippen LogP contribution in [0.15, 0.2) is 72.8 Å². The number of esters is 1. The van der Waals surface area contributed by atoms with Crippen LogP contribution in [0.4, 0.5) is 0 Å². The number of rotatable bonds is 4. The summed E-state index contributed by atoms with van der Waals surface area (Å²) < 4.78 is 5.61. The zero-order valence-electron chi connectivity index (χ0n) is 13.8. The number of ether oxygens (including phenoxy) is 1. The second-order valence-corrected chi connectivity index (χ2v) is 6.31. The van der Waals surface area contributed by atoms with Crippen LogP contribution < -0.4 is 0 Å².